The first-order valence-electron chi connectivity index (χ1n) is 7.97. The second kappa shape index (κ2) is 5.54. The monoisotopic (exact) mass is 292 g/mol. The van der Waals surface area contributed by atoms with E-state index in [1.54, 1.807) is 12.3 Å². The van der Waals surface area contributed by atoms with Crippen molar-refractivity contribution in [3.8, 4) is 5.88 Å². The molecule has 1 aromatic heterocycles. The van der Waals surface area contributed by atoms with Gasteiger partial charge in [0.05, 0.1) is 12.7 Å². The minimum atomic E-state index is -0.392. The Morgan fingerprint density at radius 3 is 2.95 bits per heavy atom. The van der Waals surface area contributed by atoms with Crippen LogP contribution in [0.1, 0.15) is 32.1 Å². The lowest BCUT2D eigenvalue weighted by Gasteiger charge is -2.42. The van der Waals surface area contributed by atoms with Crippen molar-refractivity contribution in [2.45, 2.75) is 56.4 Å². The highest BCUT2D eigenvalue weighted by atomic mass is 19.1. The fourth-order valence-corrected chi connectivity index (χ4v) is 3.83. The third kappa shape index (κ3) is 2.42. The lowest BCUT2D eigenvalue weighted by atomic mass is 9.90. The molecule has 21 heavy (non-hydrogen) atoms. The molecule has 0 aromatic carbocycles. The van der Waals surface area contributed by atoms with E-state index in [0.717, 1.165) is 26.0 Å². The minimum absolute atomic E-state index is 0.0708. The number of halogens is 1. The van der Waals surface area contributed by atoms with Gasteiger partial charge in [-0.3, -0.25) is 4.90 Å². The summed E-state index contributed by atoms with van der Waals surface area (Å²) in [5.41, 5.74) is 0. The summed E-state index contributed by atoms with van der Waals surface area (Å²) < 4.78 is 25.7. The number of hydrogen-bond acceptors (Lipinski definition) is 4. The van der Waals surface area contributed by atoms with Crippen molar-refractivity contribution in [3.63, 3.8) is 0 Å². The lowest BCUT2D eigenvalue weighted by molar-refractivity contribution is -0.00127. The van der Waals surface area contributed by atoms with Gasteiger partial charge in [-0.1, -0.05) is 6.42 Å². The molecule has 4 nitrogen and oxygen atoms in total. The van der Waals surface area contributed by atoms with Gasteiger partial charge in [-0.2, -0.15) is 0 Å². The summed E-state index contributed by atoms with van der Waals surface area (Å²) in [5.74, 6) is -0.283. The summed E-state index contributed by atoms with van der Waals surface area (Å²) in [6, 6.07) is 3.98. The van der Waals surface area contributed by atoms with Crippen LogP contribution in [0, 0.1) is 5.82 Å². The molecule has 0 amide bonds. The lowest BCUT2D eigenvalue weighted by Crippen LogP contribution is -2.51. The summed E-state index contributed by atoms with van der Waals surface area (Å²) in [6.07, 6.45) is 7.46. The molecule has 0 radical (unpaired) electrons. The van der Waals surface area contributed by atoms with Crippen LogP contribution in [0.3, 0.4) is 0 Å². The Balaban J connectivity index is 1.56. The standard InChI is InChI=1S/C16H21FN2O2/c17-12-5-2-8-18-16(12)21-15-13-6-7-14(15)20-10-9-19(13)11-3-1-4-11/h2,5,8,11,13-15H,1,3-4,6-7,9-10H2/t13-,14-,15+/m1/s1. The maximum absolute atomic E-state index is 13.8. The molecule has 2 saturated carbocycles. The zero-order valence-electron chi connectivity index (χ0n) is 12.1. The molecule has 1 saturated heterocycles. The molecular formula is C16H21FN2O2. The second-order valence-electron chi connectivity index (χ2n) is 6.25. The number of rotatable bonds is 3. The van der Waals surface area contributed by atoms with Crippen LogP contribution in [0.25, 0.3) is 0 Å². The van der Waals surface area contributed by atoms with Crippen LogP contribution >= 0.6 is 0 Å². The molecule has 3 aliphatic rings. The Bertz CT molecular complexity index is 509. The minimum Gasteiger partial charge on any atom is -0.468 e. The largest absolute Gasteiger partial charge is 0.468 e. The summed E-state index contributed by atoms with van der Waals surface area (Å²) in [4.78, 5) is 6.58. The molecule has 5 heteroatoms. The van der Waals surface area contributed by atoms with E-state index in [1.165, 1.54) is 25.3 Å². The van der Waals surface area contributed by atoms with Gasteiger partial charge in [0.1, 0.15) is 6.10 Å². The van der Waals surface area contributed by atoms with Crippen LogP contribution < -0.4 is 4.74 Å². The van der Waals surface area contributed by atoms with Gasteiger partial charge in [-0.15, -0.1) is 0 Å². The predicted molar refractivity (Wildman–Crippen MR) is 75.7 cm³/mol. The van der Waals surface area contributed by atoms with Crippen molar-refractivity contribution in [2.24, 2.45) is 0 Å². The molecule has 1 aliphatic heterocycles. The van der Waals surface area contributed by atoms with Gasteiger partial charge in [0.25, 0.3) is 5.88 Å². The molecule has 1 aromatic rings. The molecule has 3 atom stereocenters. The van der Waals surface area contributed by atoms with E-state index >= 15 is 0 Å². The quantitative estimate of drug-likeness (QED) is 0.857. The normalized spacial score (nSPS) is 33.5. The van der Waals surface area contributed by atoms with Crippen molar-refractivity contribution in [3.05, 3.63) is 24.1 Å². The summed E-state index contributed by atoms with van der Waals surface area (Å²) >= 11 is 0. The van der Waals surface area contributed by atoms with Crippen LogP contribution in [-0.4, -0.2) is 47.3 Å². The smallest absolute Gasteiger partial charge is 0.250 e. The van der Waals surface area contributed by atoms with Gasteiger partial charge in [0.15, 0.2) is 5.82 Å². The first-order valence-corrected chi connectivity index (χ1v) is 7.97. The molecular weight excluding hydrogens is 271 g/mol. The highest BCUT2D eigenvalue weighted by Crippen LogP contribution is 2.37. The van der Waals surface area contributed by atoms with Gasteiger partial charge in [0.2, 0.25) is 0 Å². The fraction of sp³-hybridized carbons (Fsp3) is 0.688. The van der Waals surface area contributed by atoms with Gasteiger partial charge in [0, 0.05) is 24.8 Å². The van der Waals surface area contributed by atoms with Crippen LogP contribution in [0.15, 0.2) is 18.3 Å². The molecule has 0 N–H and O–H groups in total. The topological polar surface area (TPSA) is 34.6 Å². The van der Waals surface area contributed by atoms with E-state index in [2.05, 4.69) is 9.88 Å². The molecule has 4 rings (SSSR count). The Morgan fingerprint density at radius 1 is 1.29 bits per heavy atom. The molecule has 114 valence electrons. The molecule has 0 spiro atoms. The second-order valence-corrected chi connectivity index (χ2v) is 6.25. The van der Waals surface area contributed by atoms with E-state index < -0.39 is 5.82 Å². The fourth-order valence-electron chi connectivity index (χ4n) is 3.83. The number of ether oxygens (including phenoxy) is 2. The highest BCUT2D eigenvalue weighted by molar-refractivity contribution is 5.15. The zero-order valence-corrected chi connectivity index (χ0v) is 12.1. The Morgan fingerprint density at radius 2 is 2.19 bits per heavy atom. The predicted octanol–water partition coefficient (Wildman–Crippen LogP) is 2.38. The molecule has 3 fully saturated rings. The molecule has 2 bridgehead atoms. The third-order valence-electron chi connectivity index (χ3n) is 5.12. The van der Waals surface area contributed by atoms with Crippen molar-refractivity contribution >= 4 is 0 Å². The van der Waals surface area contributed by atoms with E-state index in [9.17, 15) is 4.39 Å². The molecule has 2 aliphatic carbocycles. The number of aromatic nitrogens is 1. The Hall–Kier alpha value is -1.20. The SMILES string of the molecule is Fc1cccnc1O[C@H]1[C@H]2CC[C@H]1OCCN2C1CCC1. The summed E-state index contributed by atoms with van der Waals surface area (Å²) in [5, 5.41) is 0. The van der Waals surface area contributed by atoms with Gasteiger partial charge in [-0.25, -0.2) is 9.37 Å². The third-order valence-corrected chi connectivity index (χ3v) is 5.12. The van der Waals surface area contributed by atoms with Gasteiger partial charge in [-0.05, 0) is 37.8 Å². The zero-order chi connectivity index (χ0) is 14.2. The summed E-state index contributed by atoms with van der Waals surface area (Å²) in [6.45, 7) is 1.72. The number of nitrogens with zero attached hydrogens (tertiary/aromatic N) is 2. The van der Waals surface area contributed by atoms with Crippen molar-refractivity contribution in [2.75, 3.05) is 13.2 Å². The first-order chi connectivity index (χ1) is 10.3. The number of fused-ring (bicyclic) bond motifs is 2. The average molecular weight is 292 g/mol. The van der Waals surface area contributed by atoms with Crippen molar-refractivity contribution in [1.82, 2.24) is 9.88 Å². The van der Waals surface area contributed by atoms with Crippen LogP contribution in [-0.2, 0) is 4.74 Å². The van der Waals surface area contributed by atoms with Crippen molar-refractivity contribution in [1.29, 1.82) is 0 Å². The maximum Gasteiger partial charge on any atom is 0.250 e. The van der Waals surface area contributed by atoms with Crippen LogP contribution in [0.2, 0.25) is 0 Å². The number of hydrogen-bond donors (Lipinski definition) is 0. The van der Waals surface area contributed by atoms with E-state index in [0.29, 0.717) is 12.1 Å². The van der Waals surface area contributed by atoms with E-state index in [-0.39, 0.29) is 18.1 Å². The molecule has 0 unspecified atom stereocenters. The molecule has 2 heterocycles. The van der Waals surface area contributed by atoms with Crippen molar-refractivity contribution < 1.29 is 13.9 Å². The van der Waals surface area contributed by atoms with E-state index in [4.69, 9.17) is 9.47 Å². The van der Waals surface area contributed by atoms with E-state index in [1.807, 2.05) is 0 Å². The Kier molecular flexibility index (Phi) is 3.55. The van der Waals surface area contributed by atoms with Gasteiger partial charge >= 0.3 is 0 Å². The summed E-state index contributed by atoms with van der Waals surface area (Å²) in [7, 11) is 0. The highest BCUT2D eigenvalue weighted by Gasteiger charge is 2.46. The van der Waals surface area contributed by atoms with Gasteiger partial charge < -0.3 is 9.47 Å². The van der Waals surface area contributed by atoms with Crippen LogP contribution in [0.4, 0.5) is 4.39 Å². The Labute approximate surface area is 124 Å². The maximum atomic E-state index is 13.8. The van der Waals surface area contributed by atoms with Crippen LogP contribution in [0.5, 0.6) is 5.88 Å². The first kappa shape index (κ1) is 13.5. The number of pyridine rings is 1. The average Bonchev–Trinajstić information content (AvgIpc) is 2.71.